The Kier molecular flexibility index (Phi) is 7.79. The third-order valence-electron chi connectivity index (χ3n) is 2.91. The minimum Gasteiger partial charge on any atom is -0.385 e. The number of carbonyl (C=O) groups is 1. The molecular formula is C14H23N3O3. The molecule has 112 valence electrons. The molecule has 6 heteroatoms. The number of hydrogen-bond donors (Lipinski definition) is 1. The van der Waals surface area contributed by atoms with E-state index in [1.807, 2.05) is 6.07 Å². The van der Waals surface area contributed by atoms with Crippen LogP contribution in [0.5, 0.6) is 0 Å². The summed E-state index contributed by atoms with van der Waals surface area (Å²) in [6.45, 7) is 2.70. The van der Waals surface area contributed by atoms with Crippen LogP contribution in [0.4, 0.5) is 0 Å². The summed E-state index contributed by atoms with van der Waals surface area (Å²) in [6, 6.07) is 3.53. The van der Waals surface area contributed by atoms with Crippen molar-refractivity contribution >= 4 is 5.91 Å². The molecule has 1 rings (SSSR count). The van der Waals surface area contributed by atoms with Gasteiger partial charge in [-0.05, 0) is 18.1 Å². The first-order valence-electron chi connectivity index (χ1n) is 6.65. The number of nitrogens with zero attached hydrogens (tertiary/aromatic N) is 2. The molecule has 0 radical (unpaired) electrons. The van der Waals surface area contributed by atoms with Crippen LogP contribution in [0.2, 0.25) is 0 Å². The Morgan fingerprint density at radius 1 is 1.25 bits per heavy atom. The molecule has 0 bridgehead atoms. The summed E-state index contributed by atoms with van der Waals surface area (Å²) in [4.78, 5) is 18.3. The van der Waals surface area contributed by atoms with Gasteiger partial charge in [0, 0.05) is 46.7 Å². The Balaban J connectivity index is 2.68. The maximum absolute atomic E-state index is 12.4. The van der Waals surface area contributed by atoms with E-state index in [4.69, 9.17) is 15.2 Å². The summed E-state index contributed by atoms with van der Waals surface area (Å²) in [5.41, 5.74) is 6.85. The van der Waals surface area contributed by atoms with Crippen LogP contribution in [0.3, 0.4) is 0 Å². The van der Waals surface area contributed by atoms with Crippen LogP contribution < -0.4 is 5.73 Å². The molecule has 1 aromatic heterocycles. The van der Waals surface area contributed by atoms with Crippen LogP contribution in [-0.4, -0.2) is 56.3 Å². The number of methoxy groups -OCH3 is 2. The number of amides is 1. The molecule has 0 aromatic carbocycles. The second-order valence-corrected chi connectivity index (χ2v) is 4.39. The standard InChI is InChI=1S/C14H23N3O3/c1-19-8-3-6-17(7-9-20-2)14(18)13-5-4-12(10-15)11-16-13/h4-5,11H,3,6-10,15H2,1-2H3. The highest BCUT2D eigenvalue weighted by Gasteiger charge is 2.16. The molecule has 0 fully saturated rings. The minimum absolute atomic E-state index is 0.0956. The Morgan fingerprint density at radius 3 is 2.55 bits per heavy atom. The zero-order chi connectivity index (χ0) is 14.8. The van der Waals surface area contributed by atoms with Crippen molar-refractivity contribution in [2.75, 3.05) is 40.5 Å². The van der Waals surface area contributed by atoms with Gasteiger partial charge in [-0.25, -0.2) is 0 Å². The molecule has 20 heavy (non-hydrogen) atoms. The van der Waals surface area contributed by atoms with Crippen LogP contribution in [-0.2, 0) is 16.0 Å². The molecular weight excluding hydrogens is 258 g/mol. The lowest BCUT2D eigenvalue weighted by atomic mass is 10.2. The van der Waals surface area contributed by atoms with Gasteiger partial charge in [0.15, 0.2) is 0 Å². The van der Waals surface area contributed by atoms with Crippen LogP contribution in [0.25, 0.3) is 0 Å². The lowest BCUT2D eigenvalue weighted by Gasteiger charge is -2.22. The topological polar surface area (TPSA) is 77.7 Å². The van der Waals surface area contributed by atoms with Crippen LogP contribution >= 0.6 is 0 Å². The van der Waals surface area contributed by atoms with Gasteiger partial charge in [-0.2, -0.15) is 0 Å². The SMILES string of the molecule is COCCCN(CCOC)C(=O)c1ccc(CN)cn1. The predicted molar refractivity (Wildman–Crippen MR) is 76.4 cm³/mol. The van der Waals surface area contributed by atoms with E-state index in [1.165, 1.54) is 0 Å². The highest BCUT2D eigenvalue weighted by molar-refractivity contribution is 5.92. The number of pyridine rings is 1. The normalized spacial score (nSPS) is 10.6. The molecule has 0 aliphatic rings. The Labute approximate surface area is 119 Å². The fourth-order valence-electron chi connectivity index (χ4n) is 1.75. The highest BCUT2D eigenvalue weighted by Crippen LogP contribution is 2.05. The first kappa shape index (κ1) is 16.6. The summed E-state index contributed by atoms with van der Waals surface area (Å²) >= 11 is 0. The van der Waals surface area contributed by atoms with E-state index in [2.05, 4.69) is 4.98 Å². The van der Waals surface area contributed by atoms with Crippen molar-refractivity contribution in [3.8, 4) is 0 Å². The molecule has 0 atom stereocenters. The van der Waals surface area contributed by atoms with E-state index in [0.717, 1.165) is 12.0 Å². The summed E-state index contributed by atoms with van der Waals surface area (Å²) in [5.74, 6) is -0.0956. The molecule has 1 amide bonds. The molecule has 0 aliphatic carbocycles. The molecule has 6 nitrogen and oxygen atoms in total. The largest absolute Gasteiger partial charge is 0.385 e. The molecule has 0 saturated carbocycles. The average Bonchev–Trinajstić information content (AvgIpc) is 2.50. The van der Waals surface area contributed by atoms with Crippen molar-refractivity contribution in [3.63, 3.8) is 0 Å². The van der Waals surface area contributed by atoms with Gasteiger partial charge in [-0.15, -0.1) is 0 Å². The quantitative estimate of drug-likeness (QED) is 0.673. The third kappa shape index (κ3) is 5.24. The summed E-state index contributed by atoms with van der Waals surface area (Å²) in [7, 11) is 3.26. The lowest BCUT2D eigenvalue weighted by Crippen LogP contribution is -2.35. The second kappa shape index (κ2) is 9.41. The minimum atomic E-state index is -0.0956. The number of rotatable bonds is 9. The second-order valence-electron chi connectivity index (χ2n) is 4.39. The first-order valence-corrected chi connectivity index (χ1v) is 6.65. The summed E-state index contributed by atoms with van der Waals surface area (Å²) in [6.07, 6.45) is 2.42. The van der Waals surface area contributed by atoms with Gasteiger partial charge in [0.05, 0.1) is 6.61 Å². The smallest absolute Gasteiger partial charge is 0.272 e. The summed E-state index contributed by atoms with van der Waals surface area (Å²) < 4.78 is 10.1. The molecule has 0 spiro atoms. The van der Waals surface area contributed by atoms with E-state index < -0.39 is 0 Å². The van der Waals surface area contributed by atoms with Crippen LogP contribution in [0, 0.1) is 0 Å². The number of hydrogen-bond acceptors (Lipinski definition) is 5. The van der Waals surface area contributed by atoms with E-state index >= 15 is 0 Å². The number of aromatic nitrogens is 1. The Bertz CT molecular complexity index is 395. The van der Waals surface area contributed by atoms with Crippen molar-refractivity contribution in [3.05, 3.63) is 29.6 Å². The highest BCUT2D eigenvalue weighted by atomic mass is 16.5. The molecule has 0 aliphatic heterocycles. The Morgan fingerprint density at radius 2 is 2.00 bits per heavy atom. The van der Waals surface area contributed by atoms with Gasteiger partial charge in [0.25, 0.3) is 5.91 Å². The van der Waals surface area contributed by atoms with E-state index in [0.29, 0.717) is 38.5 Å². The zero-order valence-electron chi connectivity index (χ0n) is 12.2. The number of ether oxygens (including phenoxy) is 2. The fraction of sp³-hybridized carbons (Fsp3) is 0.571. The molecule has 2 N–H and O–H groups in total. The number of carbonyl (C=O) groups excluding carboxylic acids is 1. The van der Waals surface area contributed by atoms with Crippen molar-refractivity contribution in [2.45, 2.75) is 13.0 Å². The third-order valence-corrected chi connectivity index (χ3v) is 2.91. The van der Waals surface area contributed by atoms with Crippen molar-refractivity contribution in [1.29, 1.82) is 0 Å². The maximum Gasteiger partial charge on any atom is 0.272 e. The van der Waals surface area contributed by atoms with Gasteiger partial charge in [0.2, 0.25) is 0 Å². The van der Waals surface area contributed by atoms with Gasteiger partial charge >= 0.3 is 0 Å². The van der Waals surface area contributed by atoms with E-state index in [9.17, 15) is 4.79 Å². The fourth-order valence-corrected chi connectivity index (χ4v) is 1.75. The Hall–Kier alpha value is -1.50. The van der Waals surface area contributed by atoms with Gasteiger partial charge < -0.3 is 20.1 Å². The molecule has 1 aromatic rings. The van der Waals surface area contributed by atoms with Crippen molar-refractivity contribution in [1.82, 2.24) is 9.88 Å². The van der Waals surface area contributed by atoms with Crippen molar-refractivity contribution in [2.24, 2.45) is 5.73 Å². The maximum atomic E-state index is 12.4. The van der Waals surface area contributed by atoms with Crippen molar-refractivity contribution < 1.29 is 14.3 Å². The van der Waals surface area contributed by atoms with Gasteiger partial charge in [0.1, 0.15) is 5.69 Å². The number of nitrogens with two attached hydrogens (primary N) is 1. The summed E-state index contributed by atoms with van der Waals surface area (Å²) in [5, 5.41) is 0. The van der Waals surface area contributed by atoms with Crippen LogP contribution in [0.1, 0.15) is 22.5 Å². The van der Waals surface area contributed by atoms with E-state index in [-0.39, 0.29) is 5.91 Å². The molecule has 0 saturated heterocycles. The van der Waals surface area contributed by atoms with E-state index in [1.54, 1.807) is 31.4 Å². The monoisotopic (exact) mass is 281 g/mol. The zero-order valence-corrected chi connectivity index (χ0v) is 12.2. The van der Waals surface area contributed by atoms with Gasteiger partial charge in [-0.1, -0.05) is 6.07 Å². The first-order chi connectivity index (χ1) is 9.72. The average molecular weight is 281 g/mol. The van der Waals surface area contributed by atoms with Gasteiger partial charge in [-0.3, -0.25) is 9.78 Å². The molecule has 0 unspecified atom stereocenters. The molecule has 1 heterocycles. The van der Waals surface area contributed by atoms with Crippen LogP contribution in [0.15, 0.2) is 18.3 Å². The lowest BCUT2D eigenvalue weighted by molar-refractivity contribution is 0.0668. The predicted octanol–water partition coefficient (Wildman–Crippen LogP) is 0.665.